The van der Waals surface area contributed by atoms with Crippen molar-refractivity contribution in [3.05, 3.63) is 33.6 Å². The van der Waals surface area contributed by atoms with Gasteiger partial charge in [0.2, 0.25) is 16.2 Å². The van der Waals surface area contributed by atoms with Crippen molar-refractivity contribution in [3.63, 3.8) is 0 Å². The van der Waals surface area contributed by atoms with Crippen LogP contribution >= 0.6 is 58.4 Å². The molecule has 2 saturated heterocycles. The van der Waals surface area contributed by atoms with Gasteiger partial charge in [0, 0.05) is 41.5 Å². The van der Waals surface area contributed by atoms with Gasteiger partial charge in [0.15, 0.2) is 5.13 Å². The molecule has 0 saturated carbocycles. The predicted molar refractivity (Wildman–Crippen MR) is 216 cm³/mol. The molecule has 58 heavy (non-hydrogen) atoms. The highest BCUT2D eigenvalue weighted by Gasteiger charge is 2.57. The Labute approximate surface area is 352 Å². The van der Waals surface area contributed by atoms with Crippen molar-refractivity contribution in [2.75, 3.05) is 70.0 Å². The number of β-lactam (4-membered cyclic amide) rings is 2. The van der Waals surface area contributed by atoms with E-state index in [4.69, 9.17) is 5.73 Å². The Bertz CT molecular complexity index is 2150. The molecule has 27 heteroatoms. The van der Waals surface area contributed by atoms with Crippen LogP contribution in [0.3, 0.4) is 0 Å². The zero-order chi connectivity index (χ0) is 41.2. The molecule has 0 aromatic carbocycles. The van der Waals surface area contributed by atoms with E-state index in [2.05, 4.69) is 46.7 Å². The first-order chi connectivity index (χ1) is 27.8. The molecular formula is C31H40N16O6S5. The fourth-order valence-corrected chi connectivity index (χ4v) is 11.7. The standard InChI is InChI=1S/C31H40N16O6S5/c1-42(2)5-7-44-30(36-38-40-44)57-12-15-10-54-26-19(34-18(48)9-17-14-56-29(32)33-17)24(50)46(26)21(15)23(49)35-20-25(51)47-22(28(52)53)16(11-55-27(20)47)13-58-31-37-39-41-45(31)8-6-43(3)4/h14,19-20,26-27H,5-13H2,1-4H3,(H2,32,33)(H,34,48)(H,35,49)(H,52,53)/t19-,20-,26-,27-/m1/s1. The maximum Gasteiger partial charge on any atom is 0.352 e. The lowest BCUT2D eigenvalue weighted by molar-refractivity contribution is -0.151. The summed E-state index contributed by atoms with van der Waals surface area (Å²) in [5.41, 5.74) is 7.28. The number of hydrogen-bond acceptors (Lipinski definition) is 20. The van der Waals surface area contributed by atoms with Gasteiger partial charge in [0.05, 0.1) is 25.2 Å². The molecule has 4 aliphatic rings. The summed E-state index contributed by atoms with van der Waals surface area (Å²) in [7, 11) is 7.74. The molecule has 2 fully saturated rings. The van der Waals surface area contributed by atoms with Crippen LogP contribution in [0.15, 0.2) is 38.2 Å². The minimum absolute atomic E-state index is 0.0649. The van der Waals surface area contributed by atoms with E-state index in [1.807, 2.05) is 38.0 Å². The maximum absolute atomic E-state index is 14.3. The number of anilines is 1. The van der Waals surface area contributed by atoms with Crippen molar-refractivity contribution in [2.45, 2.75) is 52.7 Å². The Morgan fingerprint density at radius 2 is 1.36 bits per heavy atom. The highest BCUT2D eigenvalue weighted by atomic mass is 32.2. The number of tetrazole rings is 2. The molecule has 3 aromatic rings. The van der Waals surface area contributed by atoms with Crippen molar-refractivity contribution < 1.29 is 29.1 Å². The Kier molecular flexibility index (Phi) is 12.9. The second kappa shape index (κ2) is 17.9. The number of hydrogen-bond donors (Lipinski definition) is 4. The second-order valence-corrected chi connectivity index (χ2v) is 18.9. The zero-order valence-corrected chi connectivity index (χ0v) is 35.8. The smallest absolute Gasteiger partial charge is 0.352 e. The molecule has 310 valence electrons. The molecular weight excluding hydrogens is 853 g/mol. The van der Waals surface area contributed by atoms with Crippen LogP contribution in [0, 0.1) is 0 Å². The van der Waals surface area contributed by atoms with Crippen molar-refractivity contribution in [1.29, 1.82) is 0 Å². The molecule has 4 aliphatic heterocycles. The van der Waals surface area contributed by atoms with E-state index in [1.54, 1.807) is 14.7 Å². The van der Waals surface area contributed by atoms with E-state index in [9.17, 15) is 29.1 Å². The number of likely N-dealkylation sites (N-methyl/N-ethyl adjacent to an activating group) is 2. The topological polar surface area (TPSA) is 269 Å². The number of nitrogens with one attached hydrogen (secondary N) is 2. The van der Waals surface area contributed by atoms with Crippen LogP contribution in [-0.4, -0.2) is 187 Å². The third-order valence-electron chi connectivity index (χ3n) is 9.29. The largest absolute Gasteiger partial charge is 0.477 e. The van der Waals surface area contributed by atoms with Gasteiger partial charge < -0.3 is 31.3 Å². The first-order valence-electron chi connectivity index (χ1n) is 17.7. The lowest BCUT2D eigenvalue weighted by Gasteiger charge is -2.52. The number of nitrogens with zero attached hydrogens (tertiary/aromatic N) is 13. The average Bonchev–Trinajstić information content (AvgIpc) is 3.95. The van der Waals surface area contributed by atoms with Crippen molar-refractivity contribution in [1.82, 2.24) is 75.6 Å². The molecule has 0 bridgehead atoms. The number of thioether (sulfide) groups is 4. The maximum atomic E-state index is 14.3. The highest BCUT2D eigenvalue weighted by Crippen LogP contribution is 2.44. The van der Waals surface area contributed by atoms with Crippen LogP contribution in [0.1, 0.15) is 5.69 Å². The van der Waals surface area contributed by atoms with Gasteiger partial charge in [-0.1, -0.05) is 23.5 Å². The highest BCUT2D eigenvalue weighted by molar-refractivity contribution is 8.01. The molecule has 0 radical (unpaired) electrons. The normalized spacial score (nSPS) is 21.6. The summed E-state index contributed by atoms with van der Waals surface area (Å²) in [5, 5.41) is 41.6. The van der Waals surface area contributed by atoms with Crippen molar-refractivity contribution in [2.24, 2.45) is 0 Å². The number of rotatable bonds is 18. The molecule has 0 unspecified atom stereocenters. The van der Waals surface area contributed by atoms with Gasteiger partial charge in [0.25, 0.3) is 17.7 Å². The lowest BCUT2D eigenvalue weighted by Crippen LogP contribution is -2.73. The number of fused-ring (bicyclic) bond motifs is 2. The van der Waals surface area contributed by atoms with Gasteiger partial charge in [0.1, 0.15) is 34.2 Å². The summed E-state index contributed by atoms with van der Waals surface area (Å²) in [6.45, 7) is 2.48. The van der Waals surface area contributed by atoms with Crippen LogP contribution in [-0.2, 0) is 43.5 Å². The number of carboxylic acid groups (broad SMARTS) is 1. The van der Waals surface area contributed by atoms with Crippen LogP contribution in [0.2, 0.25) is 0 Å². The van der Waals surface area contributed by atoms with Crippen molar-refractivity contribution in [3.8, 4) is 0 Å². The number of aliphatic carboxylic acids is 1. The molecule has 3 aromatic heterocycles. The summed E-state index contributed by atoms with van der Waals surface area (Å²) >= 11 is 6.54. The Hall–Kier alpha value is -4.28. The zero-order valence-electron chi connectivity index (χ0n) is 31.7. The molecule has 0 aliphatic carbocycles. The summed E-state index contributed by atoms with van der Waals surface area (Å²) in [6, 6.07) is -1.94. The van der Waals surface area contributed by atoms with E-state index < -0.39 is 52.4 Å². The molecule has 5 N–H and O–H groups in total. The number of carbonyl (C=O) groups excluding carboxylic acids is 4. The van der Waals surface area contributed by atoms with E-state index in [0.717, 1.165) is 0 Å². The van der Waals surface area contributed by atoms with Crippen molar-refractivity contribution >= 4 is 93.1 Å². The number of nitrogens with two attached hydrogens (primary N) is 1. The van der Waals surface area contributed by atoms with Crippen LogP contribution in [0.5, 0.6) is 0 Å². The molecule has 4 amide bonds. The Balaban J connectivity index is 1.07. The number of carbonyl (C=O) groups is 5. The number of aromatic nitrogens is 9. The third-order valence-corrected chi connectivity index (χ3v) is 14.8. The van der Waals surface area contributed by atoms with Gasteiger partial charge in [-0.3, -0.25) is 29.0 Å². The predicted octanol–water partition coefficient (Wildman–Crippen LogP) is -1.66. The van der Waals surface area contributed by atoms with E-state index in [0.29, 0.717) is 70.0 Å². The fourth-order valence-electron chi connectivity index (χ4n) is 6.38. The third kappa shape index (κ3) is 8.83. The van der Waals surface area contributed by atoms with Crippen LogP contribution < -0.4 is 16.4 Å². The van der Waals surface area contributed by atoms with E-state index in [1.165, 1.54) is 68.2 Å². The molecule has 7 rings (SSSR count). The Morgan fingerprint density at radius 3 is 1.86 bits per heavy atom. The monoisotopic (exact) mass is 892 g/mol. The molecule has 22 nitrogen and oxygen atoms in total. The SMILES string of the molecule is CN(C)CCn1nnnc1SCC1=C(C(=O)O)N2C(=O)[C@@H](NC(=O)C3=C(CSc4nnnn4CCN(C)C)CS[C@@H]4[C@H](NC(=O)Cc5csc(N)n5)C(=O)N34)[C@H]2SC1. The Morgan fingerprint density at radius 1 is 0.845 bits per heavy atom. The lowest BCUT2D eigenvalue weighted by atomic mass is 10.0. The number of nitrogen functional groups attached to an aromatic ring is 1. The summed E-state index contributed by atoms with van der Waals surface area (Å²) in [4.78, 5) is 78.0. The first kappa shape index (κ1) is 41.9. The number of amides is 4. The summed E-state index contributed by atoms with van der Waals surface area (Å²) in [6.07, 6.45) is -0.0649. The minimum atomic E-state index is -1.26. The number of thiazole rings is 1. The van der Waals surface area contributed by atoms with Crippen LogP contribution in [0.25, 0.3) is 0 Å². The summed E-state index contributed by atoms with van der Waals surface area (Å²) in [5.74, 6) is -2.27. The van der Waals surface area contributed by atoms with Gasteiger partial charge in [-0.2, -0.15) is 0 Å². The average molecular weight is 893 g/mol. The quantitative estimate of drug-likeness (QED) is 0.0822. The number of carboxylic acids is 1. The van der Waals surface area contributed by atoms with Gasteiger partial charge >= 0.3 is 5.97 Å². The minimum Gasteiger partial charge on any atom is -0.477 e. The first-order valence-corrected chi connectivity index (χ1v) is 22.7. The van der Waals surface area contributed by atoms with Gasteiger partial charge in [-0.25, -0.2) is 19.1 Å². The van der Waals surface area contributed by atoms with Crippen LogP contribution in [0.4, 0.5) is 5.13 Å². The van der Waals surface area contributed by atoms with E-state index >= 15 is 0 Å². The summed E-state index contributed by atoms with van der Waals surface area (Å²) < 4.78 is 3.31. The molecule has 7 heterocycles. The van der Waals surface area contributed by atoms with Gasteiger partial charge in [-0.05, 0) is 60.2 Å². The fraction of sp³-hybridized carbons (Fsp3) is 0.548. The van der Waals surface area contributed by atoms with E-state index in [-0.39, 0.29) is 29.3 Å². The second-order valence-electron chi connectivity index (χ2n) is 13.9. The molecule has 4 atom stereocenters. The van der Waals surface area contributed by atoms with Gasteiger partial charge in [-0.15, -0.1) is 45.1 Å². The molecule has 0 spiro atoms.